The molecule has 0 fully saturated rings. The first-order chi connectivity index (χ1) is 10.5. The maximum absolute atomic E-state index is 11.7. The second kappa shape index (κ2) is 6.43. The highest BCUT2D eigenvalue weighted by atomic mass is 16.5. The Kier molecular flexibility index (Phi) is 4.41. The number of hydrogen-bond donors (Lipinski definition) is 2. The minimum atomic E-state index is -0.963. The summed E-state index contributed by atoms with van der Waals surface area (Å²) in [5, 5.41) is 0. The molecule has 0 bridgehead atoms. The van der Waals surface area contributed by atoms with Crippen LogP contribution >= 0.6 is 0 Å². The van der Waals surface area contributed by atoms with Crippen LogP contribution in [0.5, 0.6) is 0 Å². The number of nitrogens with one attached hydrogen (secondary N) is 2. The predicted molar refractivity (Wildman–Crippen MR) is 70.2 cm³/mol. The third-order valence-corrected chi connectivity index (χ3v) is 2.47. The quantitative estimate of drug-likeness (QED) is 0.684. The van der Waals surface area contributed by atoms with E-state index in [-0.39, 0.29) is 12.3 Å². The zero-order chi connectivity index (χ0) is 16.1. The van der Waals surface area contributed by atoms with Crippen molar-refractivity contribution in [3.8, 4) is 0 Å². The fourth-order valence-corrected chi connectivity index (χ4v) is 1.46. The third-order valence-electron chi connectivity index (χ3n) is 2.47. The van der Waals surface area contributed by atoms with Gasteiger partial charge in [-0.3, -0.25) is 9.59 Å². The van der Waals surface area contributed by atoms with Crippen LogP contribution in [0.2, 0.25) is 0 Å². The molecule has 114 valence electrons. The summed E-state index contributed by atoms with van der Waals surface area (Å²) in [6.45, 7) is -0.365. The Morgan fingerprint density at radius 3 is 2.55 bits per heavy atom. The molecule has 10 heteroatoms. The van der Waals surface area contributed by atoms with E-state index in [4.69, 9.17) is 4.74 Å². The summed E-state index contributed by atoms with van der Waals surface area (Å²) >= 11 is 0. The van der Waals surface area contributed by atoms with Gasteiger partial charge < -0.3 is 19.4 Å². The van der Waals surface area contributed by atoms with E-state index < -0.39 is 34.4 Å². The topological polar surface area (TPSA) is 144 Å². The van der Waals surface area contributed by atoms with Crippen molar-refractivity contribution in [3.05, 3.63) is 56.4 Å². The Morgan fingerprint density at radius 2 is 1.86 bits per heavy atom. The number of methoxy groups -OCH3 is 1. The fourth-order valence-electron chi connectivity index (χ4n) is 1.46. The number of ether oxygens (including phenoxy) is 2. The monoisotopic (exact) mass is 306 g/mol. The largest absolute Gasteiger partial charge is 0.464 e. The molecule has 22 heavy (non-hydrogen) atoms. The molecule has 2 heterocycles. The molecule has 0 saturated heterocycles. The molecule has 0 spiro atoms. The van der Waals surface area contributed by atoms with Crippen molar-refractivity contribution in [3.63, 3.8) is 0 Å². The molecule has 0 radical (unpaired) electrons. The Hall–Kier alpha value is -3.30. The van der Waals surface area contributed by atoms with Gasteiger partial charge >= 0.3 is 11.9 Å². The maximum Gasteiger partial charge on any atom is 0.363 e. The van der Waals surface area contributed by atoms with Gasteiger partial charge in [0, 0.05) is 18.6 Å². The lowest BCUT2D eigenvalue weighted by Crippen LogP contribution is -2.23. The average molecular weight is 306 g/mol. The van der Waals surface area contributed by atoms with E-state index in [1.165, 1.54) is 18.6 Å². The number of aromatic nitrogens is 4. The van der Waals surface area contributed by atoms with Crippen LogP contribution in [0.3, 0.4) is 0 Å². The number of carbonyl (C=O) groups excluding carboxylic acids is 2. The molecule has 0 aliphatic rings. The van der Waals surface area contributed by atoms with E-state index in [1.807, 2.05) is 0 Å². The summed E-state index contributed by atoms with van der Waals surface area (Å²) in [5.41, 5.74) is -2.21. The second-order valence-electron chi connectivity index (χ2n) is 3.90. The molecule has 0 saturated carbocycles. The Balaban J connectivity index is 2.14. The minimum absolute atomic E-state index is 0.0979. The standard InChI is InChI=1S/C12H10N4O6/c1-21-11(19)8-10(18)15-4-6(16-8)5-22-12(20)7-9(17)14-3-2-13-7/h2-4H,5H2,1H3,(H,14,17)(H,15,18). The van der Waals surface area contributed by atoms with E-state index in [0.717, 1.165) is 7.11 Å². The van der Waals surface area contributed by atoms with Crippen molar-refractivity contribution >= 4 is 11.9 Å². The van der Waals surface area contributed by atoms with E-state index in [0.29, 0.717) is 0 Å². The van der Waals surface area contributed by atoms with Gasteiger partial charge in [-0.2, -0.15) is 0 Å². The summed E-state index contributed by atoms with van der Waals surface area (Å²) in [4.78, 5) is 57.6. The van der Waals surface area contributed by atoms with Crippen LogP contribution in [0.4, 0.5) is 0 Å². The van der Waals surface area contributed by atoms with Crippen molar-refractivity contribution < 1.29 is 19.1 Å². The van der Waals surface area contributed by atoms with Crippen molar-refractivity contribution in [2.45, 2.75) is 6.61 Å². The van der Waals surface area contributed by atoms with Crippen molar-refractivity contribution in [1.82, 2.24) is 19.9 Å². The van der Waals surface area contributed by atoms with Gasteiger partial charge in [-0.25, -0.2) is 19.6 Å². The van der Waals surface area contributed by atoms with Crippen molar-refractivity contribution in [1.29, 1.82) is 0 Å². The first-order valence-corrected chi connectivity index (χ1v) is 5.90. The molecule has 0 aliphatic carbocycles. The molecule has 2 aromatic rings. The molecular weight excluding hydrogens is 296 g/mol. The predicted octanol–water partition coefficient (Wildman–Crippen LogP) is -1.00. The van der Waals surface area contributed by atoms with Gasteiger partial charge in [-0.1, -0.05) is 0 Å². The fraction of sp³-hybridized carbons (Fsp3) is 0.167. The van der Waals surface area contributed by atoms with Crippen LogP contribution in [0, 0.1) is 0 Å². The van der Waals surface area contributed by atoms with Crippen LogP contribution in [-0.2, 0) is 16.1 Å². The number of nitrogens with zero attached hydrogens (tertiary/aromatic N) is 2. The zero-order valence-corrected chi connectivity index (χ0v) is 11.3. The smallest absolute Gasteiger partial charge is 0.363 e. The summed E-state index contributed by atoms with van der Waals surface area (Å²) < 4.78 is 9.24. The third kappa shape index (κ3) is 3.23. The van der Waals surface area contributed by atoms with Crippen molar-refractivity contribution in [2.24, 2.45) is 0 Å². The number of aromatic amines is 2. The van der Waals surface area contributed by atoms with Crippen molar-refractivity contribution in [2.75, 3.05) is 7.11 Å². The molecule has 0 aliphatic heterocycles. The van der Waals surface area contributed by atoms with E-state index >= 15 is 0 Å². The highest BCUT2D eigenvalue weighted by molar-refractivity contribution is 5.87. The molecule has 0 unspecified atom stereocenters. The van der Waals surface area contributed by atoms with E-state index in [2.05, 4.69) is 24.7 Å². The van der Waals surface area contributed by atoms with Gasteiger partial charge in [0.1, 0.15) is 6.61 Å². The van der Waals surface area contributed by atoms with Gasteiger partial charge in [-0.15, -0.1) is 0 Å². The first kappa shape index (κ1) is 15.1. The number of hydrogen-bond acceptors (Lipinski definition) is 8. The first-order valence-electron chi connectivity index (χ1n) is 5.90. The average Bonchev–Trinajstić information content (AvgIpc) is 2.53. The number of esters is 2. The van der Waals surface area contributed by atoms with E-state index in [1.54, 1.807) is 0 Å². The number of carbonyl (C=O) groups is 2. The number of H-pyrrole nitrogens is 2. The van der Waals surface area contributed by atoms with Crippen LogP contribution in [0.1, 0.15) is 26.7 Å². The van der Waals surface area contributed by atoms with Crippen LogP contribution in [0.15, 0.2) is 28.2 Å². The lowest BCUT2D eigenvalue weighted by molar-refractivity contribution is 0.0457. The highest BCUT2D eigenvalue weighted by Crippen LogP contribution is 1.99. The molecule has 0 atom stereocenters. The Labute approximate surface area is 122 Å². The number of rotatable bonds is 4. The summed E-state index contributed by atoms with van der Waals surface area (Å²) in [6, 6.07) is 0. The van der Waals surface area contributed by atoms with Crippen LogP contribution in [-0.4, -0.2) is 39.0 Å². The van der Waals surface area contributed by atoms with Crippen LogP contribution < -0.4 is 11.1 Å². The Morgan fingerprint density at radius 1 is 1.14 bits per heavy atom. The second-order valence-corrected chi connectivity index (χ2v) is 3.90. The summed E-state index contributed by atoms with van der Waals surface area (Å²) in [7, 11) is 1.10. The molecule has 10 nitrogen and oxygen atoms in total. The molecular formula is C12H10N4O6. The molecule has 0 amide bonds. The molecule has 0 aromatic carbocycles. The van der Waals surface area contributed by atoms with Crippen LogP contribution in [0.25, 0.3) is 0 Å². The normalized spacial score (nSPS) is 10.0. The summed E-state index contributed by atoms with van der Waals surface area (Å²) in [5.74, 6) is -1.88. The van der Waals surface area contributed by atoms with Gasteiger partial charge in [0.2, 0.25) is 11.4 Å². The Bertz CT molecular complexity index is 825. The molecule has 2 N–H and O–H groups in total. The highest BCUT2D eigenvalue weighted by Gasteiger charge is 2.16. The van der Waals surface area contributed by atoms with Gasteiger partial charge in [0.05, 0.1) is 12.8 Å². The maximum atomic E-state index is 11.7. The van der Waals surface area contributed by atoms with Gasteiger partial charge in [0.25, 0.3) is 11.1 Å². The lowest BCUT2D eigenvalue weighted by Gasteiger charge is -2.04. The molecule has 2 rings (SSSR count). The summed E-state index contributed by atoms with van der Waals surface area (Å²) in [6.07, 6.45) is 3.67. The SMILES string of the molecule is COC(=O)c1nc(COC(=O)c2ncc[nH]c2=O)c[nH]c1=O. The lowest BCUT2D eigenvalue weighted by atomic mass is 10.4. The zero-order valence-electron chi connectivity index (χ0n) is 11.3. The minimum Gasteiger partial charge on any atom is -0.464 e. The van der Waals surface area contributed by atoms with Gasteiger partial charge in [-0.05, 0) is 0 Å². The van der Waals surface area contributed by atoms with E-state index in [9.17, 15) is 19.2 Å². The van der Waals surface area contributed by atoms with Gasteiger partial charge in [0.15, 0.2) is 0 Å². The molecule has 2 aromatic heterocycles.